The van der Waals surface area contributed by atoms with Gasteiger partial charge in [-0.15, -0.1) is 0 Å². The summed E-state index contributed by atoms with van der Waals surface area (Å²) in [6, 6.07) is 9.96. The molecule has 0 amide bonds. The largest absolute Gasteiger partial charge is 0.416 e. The van der Waals surface area contributed by atoms with E-state index < -0.39 is 29.8 Å². The van der Waals surface area contributed by atoms with Gasteiger partial charge in [0.15, 0.2) is 6.17 Å². The lowest BCUT2D eigenvalue weighted by Crippen LogP contribution is -2.25. The van der Waals surface area contributed by atoms with Crippen LogP contribution in [0.3, 0.4) is 0 Å². The number of halogens is 5. The average Bonchev–Trinajstić information content (AvgIpc) is 3.61. The van der Waals surface area contributed by atoms with Crippen molar-refractivity contribution in [2.75, 3.05) is 0 Å². The van der Waals surface area contributed by atoms with E-state index >= 15 is 4.39 Å². The number of aromatic nitrogens is 1. The third kappa shape index (κ3) is 4.74. The van der Waals surface area contributed by atoms with Crippen molar-refractivity contribution in [2.24, 2.45) is 11.8 Å². The summed E-state index contributed by atoms with van der Waals surface area (Å²) >= 11 is 0. The first kappa shape index (κ1) is 25.5. The van der Waals surface area contributed by atoms with Gasteiger partial charge in [0.25, 0.3) is 0 Å². The van der Waals surface area contributed by atoms with E-state index in [0.717, 1.165) is 56.4 Å². The van der Waals surface area contributed by atoms with Crippen LogP contribution in [0.25, 0.3) is 11.1 Å². The SMILES string of the molecule is OC1CC(C2CC2)Cc2nc(C3CCCC3)c(C(F)c3ccc(C(F)(F)F)cc3)c(-c3ccc(F)cc3)c21. The molecule has 2 aromatic carbocycles. The summed E-state index contributed by atoms with van der Waals surface area (Å²) in [5.74, 6) is 0.498. The van der Waals surface area contributed by atoms with Crippen molar-refractivity contribution in [3.8, 4) is 11.1 Å². The first-order chi connectivity index (χ1) is 18.2. The Balaban J connectivity index is 1.56. The van der Waals surface area contributed by atoms with Gasteiger partial charge in [-0.25, -0.2) is 8.78 Å². The van der Waals surface area contributed by atoms with Crippen LogP contribution in [0.5, 0.6) is 0 Å². The molecular formula is C31H30F5NO. The number of aliphatic hydroxyl groups is 1. The second kappa shape index (κ2) is 9.74. The van der Waals surface area contributed by atoms with E-state index in [0.29, 0.717) is 52.6 Å². The molecule has 2 saturated carbocycles. The second-order valence-electron chi connectivity index (χ2n) is 11.2. The molecule has 0 bridgehead atoms. The lowest BCUT2D eigenvalue weighted by Gasteiger charge is -2.34. The average molecular weight is 528 g/mol. The van der Waals surface area contributed by atoms with Gasteiger partial charge in [0, 0.05) is 22.7 Å². The van der Waals surface area contributed by atoms with Crippen molar-refractivity contribution < 1.29 is 27.1 Å². The zero-order valence-electron chi connectivity index (χ0n) is 20.9. The Morgan fingerprint density at radius 2 is 1.53 bits per heavy atom. The number of benzene rings is 2. The highest BCUT2D eigenvalue weighted by Crippen LogP contribution is 2.52. The van der Waals surface area contributed by atoms with E-state index in [4.69, 9.17) is 4.98 Å². The molecule has 1 aromatic heterocycles. The molecule has 0 aliphatic heterocycles. The maximum atomic E-state index is 16.7. The summed E-state index contributed by atoms with van der Waals surface area (Å²) in [6.45, 7) is 0. The molecule has 200 valence electrons. The van der Waals surface area contributed by atoms with E-state index in [9.17, 15) is 22.7 Å². The highest BCUT2D eigenvalue weighted by Gasteiger charge is 2.41. The maximum Gasteiger partial charge on any atom is 0.416 e. The fraction of sp³-hybridized carbons (Fsp3) is 0.452. The molecule has 7 heteroatoms. The molecule has 3 atom stereocenters. The molecule has 3 aliphatic rings. The first-order valence-corrected chi connectivity index (χ1v) is 13.5. The van der Waals surface area contributed by atoms with Crippen molar-refractivity contribution in [3.05, 3.63) is 88.0 Å². The molecule has 0 radical (unpaired) electrons. The Morgan fingerprint density at radius 1 is 0.868 bits per heavy atom. The van der Waals surface area contributed by atoms with Crippen LogP contribution in [0.1, 0.15) is 96.8 Å². The maximum absolute atomic E-state index is 16.7. The number of alkyl halides is 4. The van der Waals surface area contributed by atoms with Gasteiger partial charge < -0.3 is 5.11 Å². The van der Waals surface area contributed by atoms with Crippen LogP contribution in [0, 0.1) is 17.7 Å². The Bertz CT molecular complexity index is 1310. The Kier molecular flexibility index (Phi) is 6.53. The van der Waals surface area contributed by atoms with Crippen LogP contribution in [0.2, 0.25) is 0 Å². The van der Waals surface area contributed by atoms with Gasteiger partial charge in [-0.3, -0.25) is 4.98 Å². The predicted molar refractivity (Wildman–Crippen MR) is 135 cm³/mol. The molecule has 2 nitrogen and oxygen atoms in total. The van der Waals surface area contributed by atoms with Crippen LogP contribution in [-0.2, 0) is 12.6 Å². The van der Waals surface area contributed by atoms with Crippen molar-refractivity contribution in [3.63, 3.8) is 0 Å². The summed E-state index contributed by atoms with van der Waals surface area (Å²) in [5.41, 5.74) is 2.66. The van der Waals surface area contributed by atoms with E-state index in [1.54, 1.807) is 12.1 Å². The van der Waals surface area contributed by atoms with E-state index in [1.807, 2.05) is 0 Å². The summed E-state index contributed by atoms with van der Waals surface area (Å²) in [6.07, 6.45) is 0.165. The van der Waals surface area contributed by atoms with E-state index in [1.165, 1.54) is 24.3 Å². The number of aliphatic hydroxyl groups excluding tert-OH is 1. The van der Waals surface area contributed by atoms with Gasteiger partial charge in [-0.1, -0.05) is 37.1 Å². The third-order valence-electron chi connectivity index (χ3n) is 8.64. The smallest absolute Gasteiger partial charge is 0.388 e. The minimum Gasteiger partial charge on any atom is -0.388 e. The zero-order valence-corrected chi connectivity index (χ0v) is 20.9. The molecule has 1 N–H and O–H groups in total. The molecule has 2 fully saturated rings. The highest BCUT2D eigenvalue weighted by molar-refractivity contribution is 5.75. The summed E-state index contributed by atoms with van der Waals surface area (Å²) in [7, 11) is 0. The van der Waals surface area contributed by atoms with Gasteiger partial charge in [0.1, 0.15) is 5.82 Å². The van der Waals surface area contributed by atoms with Crippen molar-refractivity contribution in [1.82, 2.24) is 4.98 Å². The molecule has 0 saturated heterocycles. The summed E-state index contributed by atoms with van der Waals surface area (Å²) < 4.78 is 70.2. The second-order valence-corrected chi connectivity index (χ2v) is 11.2. The number of hydrogen-bond donors (Lipinski definition) is 1. The fourth-order valence-corrected chi connectivity index (χ4v) is 6.56. The minimum absolute atomic E-state index is 0.0284. The quantitative estimate of drug-likeness (QED) is 0.337. The van der Waals surface area contributed by atoms with Crippen LogP contribution in [0.4, 0.5) is 22.0 Å². The molecular weight excluding hydrogens is 497 g/mol. The topological polar surface area (TPSA) is 33.1 Å². The lowest BCUT2D eigenvalue weighted by atomic mass is 9.76. The van der Waals surface area contributed by atoms with Gasteiger partial charge in [-0.2, -0.15) is 13.2 Å². The molecule has 3 aliphatic carbocycles. The fourth-order valence-electron chi connectivity index (χ4n) is 6.56. The van der Waals surface area contributed by atoms with Gasteiger partial charge in [-0.05, 0) is 91.3 Å². The number of hydrogen-bond acceptors (Lipinski definition) is 2. The Hall–Kier alpha value is -2.80. The molecule has 1 heterocycles. The molecule has 6 rings (SSSR count). The normalized spacial score (nSPS) is 22.9. The lowest BCUT2D eigenvalue weighted by molar-refractivity contribution is -0.137. The molecule has 0 spiro atoms. The van der Waals surface area contributed by atoms with Crippen LogP contribution < -0.4 is 0 Å². The Morgan fingerprint density at radius 3 is 2.13 bits per heavy atom. The highest BCUT2D eigenvalue weighted by atomic mass is 19.4. The third-order valence-corrected chi connectivity index (χ3v) is 8.64. The van der Waals surface area contributed by atoms with Crippen molar-refractivity contribution >= 4 is 0 Å². The Labute approximate surface area is 218 Å². The molecule has 3 aromatic rings. The molecule has 3 unspecified atom stereocenters. The van der Waals surface area contributed by atoms with E-state index in [2.05, 4.69) is 0 Å². The number of fused-ring (bicyclic) bond motifs is 1. The van der Waals surface area contributed by atoms with E-state index in [-0.39, 0.29) is 11.5 Å². The first-order valence-electron chi connectivity index (χ1n) is 13.5. The van der Waals surface area contributed by atoms with Gasteiger partial charge in [0.05, 0.1) is 17.4 Å². The monoisotopic (exact) mass is 527 g/mol. The van der Waals surface area contributed by atoms with Gasteiger partial charge in [0.2, 0.25) is 0 Å². The van der Waals surface area contributed by atoms with Gasteiger partial charge >= 0.3 is 6.18 Å². The predicted octanol–water partition coefficient (Wildman–Crippen LogP) is 8.63. The van der Waals surface area contributed by atoms with Crippen LogP contribution in [0.15, 0.2) is 48.5 Å². The standard InChI is InChI=1S/C31H30F5NO/c32-23-13-9-18(10-14-23)26-27-24(15-21(16-25(27)38)17-5-6-17)37-30(20-3-1-2-4-20)28(26)29(33)19-7-11-22(12-8-19)31(34,35)36/h7-14,17,20-21,25,29,38H,1-6,15-16H2. The van der Waals surface area contributed by atoms with Crippen molar-refractivity contribution in [1.29, 1.82) is 0 Å². The van der Waals surface area contributed by atoms with Crippen LogP contribution >= 0.6 is 0 Å². The number of pyridine rings is 1. The number of rotatable bonds is 5. The zero-order chi connectivity index (χ0) is 26.6. The summed E-state index contributed by atoms with van der Waals surface area (Å²) in [5, 5.41) is 11.4. The molecule has 38 heavy (non-hydrogen) atoms. The number of nitrogens with zero attached hydrogens (tertiary/aromatic N) is 1. The van der Waals surface area contributed by atoms with Crippen LogP contribution in [-0.4, -0.2) is 10.1 Å². The summed E-state index contributed by atoms with van der Waals surface area (Å²) in [4.78, 5) is 5.06. The minimum atomic E-state index is -4.52. The van der Waals surface area contributed by atoms with Crippen molar-refractivity contribution in [2.45, 2.75) is 75.7 Å².